The molecule has 0 aliphatic carbocycles. The number of hydrogen-bond acceptors (Lipinski definition) is 2. The van der Waals surface area contributed by atoms with Gasteiger partial charge in [-0.1, -0.05) is 30.3 Å². The Morgan fingerprint density at radius 2 is 1.85 bits per heavy atom. The Balaban J connectivity index is 0.000000310. The number of hydrogen-bond donors (Lipinski definition) is 2. The number of amides is 1. The number of aliphatic hydroxyl groups excluding tert-OH is 1. The first-order valence-corrected chi connectivity index (χ1v) is 4.07. The predicted molar refractivity (Wildman–Crippen MR) is 52.1 cm³/mol. The summed E-state index contributed by atoms with van der Waals surface area (Å²) in [7, 11) is 0. The summed E-state index contributed by atoms with van der Waals surface area (Å²) in [4.78, 5) is 9.22. The SMILES string of the molecule is CC(N)=O.OCCc1ccccc1. The first-order valence-electron chi connectivity index (χ1n) is 4.07. The lowest BCUT2D eigenvalue weighted by Gasteiger charge is -1.93. The third-order valence-electron chi connectivity index (χ3n) is 1.24. The standard InChI is InChI=1S/C8H10O.C2H5NO/c9-7-6-8-4-2-1-3-5-8;1-2(3)4/h1-5,9H,6-7H2;1H3,(H2,3,4). The number of benzene rings is 1. The Labute approximate surface area is 78.2 Å². The zero-order valence-corrected chi connectivity index (χ0v) is 7.73. The summed E-state index contributed by atoms with van der Waals surface area (Å²) in [6.07, 6.45) is 0.765. The van der Waals surface area contributed by atoms with Crippen LogP contribution in [0.3, 0.4) is 0 Å². The number of primary amides is 1. The highest BCUT2D eigenvalue weighted by Crippen LogP contribution is 1.97. The fourth-order valence-electron chi connectivity index (χ4n) is 0.774. The summed E-state index contributed by atoms with van der Waals surface area (Å²) < 4.78 is 0. The van der Waals surface area contributed by atoms with Crippen molar-refractivity contribution in [2.45, 2.75) is 13.3 Å². The Kier molecular flexibility index (Phi) is 6.55. The van der Waals surface area contributed by atoms with Crippen molar-refractivity contribution in [2.24, 2.45) is 5.73 Å². The van der Waals surface area contributed by atoms with Crippen LogP contribution in [0.5, 0.6) is 0 Å². The van der Waals surface area contributed by atoms with Gasteiger partial charge in [-0.05, 0) is 12.0 Å². The second-order valence-corrected chi connectivity index (χ2v) is 2.57. The molecule has 0 saturated carbocycles. The average Bonchev–Trinajstić information content (AvgIpc) is 2.06. The lowest BCUT2D eigenvalue weighted by atomic mass is 10.2. The van der Waals surface area contributed by atoms with Crippen LogP contribution in [0.2, 0.25) is 0 Å². The monoisotopic (exact) mass is 181 g/mol. The van der Waals surface area contributed by atoms with Crippen molar-refractivity contribution in [1.82, 2.24) is 0 Å². The van der Waals surface area contributed by atoms with Crippen molar-refractivity contribution >= 4 is 5.91 Å². The minimum absolute atomic E-state index is 0.240. The molecule has 1 amide bonds. The average molecular weight is 181 g/mol. The van der Waals surface area contributed by atoms with Gasteiger partial charge >= 0.3 is 0 Å². The topological polar surface area (TPSA) is 63.3 Å². The van der Waals surface area contributed by atoms with Gasteiger partial charge in [-0.2, -0.15) is 0 Å². The van der Waals surface area contributed by atoms with Crippen LogP contribution in [0.25, 0.3) is 0 Å². The van der Waals surface area contributed by atoms with Gasteiger partial charge in [0.15, 0.2) is 0 Å². The van der Waals surface area contributed by atoms with E-state index in [1.54, 1.807) is 0 Å². The quantitative estimate of drug-likeness (QED) is 0.706. The summed E-state index contributed by atoms with van der Waals surface area (Å²) in [6.45, 7) is 1.55. The van der Waals surface area contributed by atoms with Crippen molar-refractivity contribution in [2.75, 3.05) is 6.61 Å². The summed E-state index contributed by atoms with van der Waals surface area (Å²) in [5.74, 6) is -0.333. The second-order valence-electron chi connectivity index (χ2n) is 2.57. The molecule has 0 aliphatic rings. The van der Waals surface area contributed by atoms with E-state index in [4.69, 9.17) is 5.11 Å². The van der Waals surface area contributed by atoms with E-state index in [0.717, 1.165) is 6.42 Å². The molecule has 3 N–H and O–H groups in total. The van der Waals surface area contributed by atoms with Gasteiger partial charge in [0.1, 0.15) is 0 Å². The molecule has 0 atom stereocenters. The van der Waals surface area contributed by atoms with Crippen LogP contribution in [-0.2, 0) is 11.2 Å². The van der Waals surface area contributed by atoms with Crippen LogP contribution in [0.1, 0.15) is 12.5 Å². The Bertz CT molecular complexity index is 230. The van der Waals surface area contributed by atoms with Gasteiger partial charge in [0.25, 0.3) is 0 Å². The zero-order chi connectivity index (χ0) is 10.1. The van der Waals surface area contributed by atoms with E-state index in [1.807, 2.05) is 30.3 Å². The van der Waals surface area contributed by atoms with Crippen molar-refractivity contribution in [1.29, 1.82) is 0 Å². The van der Waals surface area contributed by atoms with Gasteiger partial charge in [0, 0.05) is 13.5 Å². The van der Waals surface area contributed by atoms with E-state index in [2.05, 4.69) is 5.73 Å². The molecule has 3 heteroatoms. The maximum absolute atomic E-state index is 9.22. The van der Waals surface area contributed by atoms with Crippen LogP contribution in [-0.4, -0.2) is 17.6 Å². The van der Waals surface area contributed by atoms with E-state index < -0.39 is 0 Å². The van der Waals surface area contributed by atoms with E-state index >= 15 is 0 Å². The summed E-state index contributed by atoms with van der Waals surface area (Å²) >= 11 is 0. The molecule has 13 heavy (non-hydrogen) atoms. The Morgan fingerprint density at radius 3 is 2.23 bits per heavy atom. The van der Waals surface area contributed by atoms with Gasteiger partial charge in [-0.3, -0.25) is 4.79 Å². The molecule has 72 valence electrons. The normalized spacial score (nSPS) is 8.46. The first-order chi connectivity index (χ1) is 6.16. The molecule has 1 rings (SSSR count). The molecule has 3 nitrogen and oxygen atoms in total. The molecule has 0 heterocycles. The lowest BCUT2D eigenvalue weighted by molar-refractivity contribution is -0.115. The summed E-state index contributed by atoms with van der Waals surface area (Å²) in [6, 6.07) is 9.95. The van der Waals surface area contributed by atoms with Crippen molar-refractivity contribution < 1.29 is 9.90 Å². The molecule has 1 aromatic rings. The highest BCUT2D eigenvalue weighted by Gasteiger charge is 1.85. The maximum Gasteiger partial charge on any atom is 0.214 e. The van der Waals surface area contributed by atoms with Gasteiger partial charge in [0.05, 0.1) is 0 Å². The van der Waals surface area contributed by atoms with Crippen LogP contribution in [0.4, 0.5) is 0 Å². The molecule has 0 bridgehead atoms. The molecule has 0 fully saturated rings. The molecule has 0 radical (unpaired) electrons. The number of aliphatic hydroxyl groups is 1. The van der Waals surface area contributed by atoms with Gasteiger partial charge in [-0.25, -0.2) is 0 Å². The van der Waals surface area contributed by atoms with E-state index in [1.165, 1.54) is 12.5 Å². The van der Waals surface area contributed by atoms with Crippen LogP contribution < -0.4 is 5.73 Å². The number of rotatable bonds is 2. The van der Waals surface area contributed by atoms with Gasteiger partial charge < -0.3 is 10.8 Å². The molecule has 1 aromatic carbocycles. The number of nitrogens with two attached hydrogens (primary N) is 1. The first kappa shape index (κ1) is 11.6. The largest absolute Gasteiger partial charge is 0.396 e. The van der Waals surface area contributed by atoms with Crippen LogP contribution in [0.15, 0.2) is 30.3 Å². The predicted octanol–water partition coefficient (Wildman–Crippen LogP) is 0.713. The highest BCUT2D eigenvalue weighted by atomic mass is 16.2. The van der Waals surface area contributed by atoms with Gasteiger partial charge in [-0.15, -0.1) is 0 Å². The number of carbonyl (C=O) groups excluding carboxylic acids is 1. The zero-order valence-electron chi connectivity index (χ0n) is 7.73. The lowest BCUT2D eigenvalue weighted by Crippen LogP contribution is -2.01. The molecular weight excluding hydrogens is 166 g/mol. The Hall–Kier alpha value is -1.35. The van der Waals surface area contributed by atoms with Crippen molar-refractivity contribution in [3.05, 3.63) is 35.9 Å². The minimum atomic E-state index is -0.333. The Morgan fingerprint density at radius 1 is 1.38 bits per heavy atom. The van der Waals surface area contributed by atoms with E-state index in [0.29, 0.717) is 0 Å². The maximum atomic E-state index is 9.22. The highest BCUT2D eigenvalue weighted by molar-refractivity contribution is 5.70. The molecule has 0 unspecified atom stereocenters. The van der Waals surface area contributed by atoms with Crippen molar-refractivity contribution in [3.63, 3.8) is 0 Å². The van der Waals surface area contributed by atoms with Crippen LogP contribution in [0, 0.1) is 0 Å². The molecular formula is C10H15NO2. The smallest absolute Gasteiger partial charge is 0.214 e. The summed E-state index contributed by atoms with van der Waals surface area (Å²) in [5, 5.41) is 8.52. The molecule has 0 aliphatic heterocycles. The third kappa shape index (κ3) is 8.56. The number of carbonyl (C=O) groups is 1. The fraction of sp³-hybridized carbons (Fsp3) is 0.300. The van der Waals surface area contributed by atoms with Crippen LogP contribution >= 0.6 is 0 Å². The fourth-order valence-corrected chi connectivity index (χ4v) is 0.774. The van der Waals surface area contributed by atoms with Crippen molar-refractivity contribution in [3.8, 4) is 0 Å². The van der Waals surface area contributed by atoms with Gasteiger partial charge in [0.2, 0.25) is 5.91 Å². The molecule has 0 saturated heterocycles. The third-order valence-corrected chi connectivity index (χ3v) is 1.24. The van der Waals surface area contributed by atoms with E-state index in [9.17, 15) is 4.79 Å². The summed E-state index contributed by atoms with van der Waals surface area (Å²) in [5.41, 5.74) is 5.67. The van der Waals surface area contributed by atoms with E-state index in [-0.39, 0.29) is 12.5 Å². The minimum Gasteiger partial charge on any atom is -0.396 e. The second kappa shape index (κ2) is 7.31. The molecule has 0 aromatic heterocycles. The molecule has 0 spiro atoms.